The van der Waals surface area contributed by atoms with Crippen LogP contribution in [0, 0.1) is 0 Å². The Morgan fingerprint density at radius 3 is 2.78 bits per heavy atom. The van der Waals surface area contributed by atoms with Crippen LogP contribution in [0.25, 0.3) is 0 Å². The van der Waals surface area contributed by atoms with Crippen molar-refractivity contribution in [2.24, 2.45) is 4.99 Å². The van der Waals surface area contributed by atoms with Crippen LogP contribution >= 0.6 is 11.8 Å². The van der Waals surface area contributed by atoms with Gasteiger partial charge in [0, 0.05) is 18.0 Å². The molecular formula is C21H25N3O2S. The molecule has 0 amide bonds. The number of methoxy groups -OCH3 is 1. The molecule has 2 aliphatic rings. The van der Waals surface area contributed by atoms with Crippen molar-refractivity contribution in [3.63, 3.8) is 0 Å². The molecule has 0 saturated carbocycles. The predicted molar refractivity (Wildman–Crippen MR) is 110 cm³/mol. The molecule has 1 saturated heterocycles. The topological polar surface area (TPSA) is 47.0 Å². The van der Waals surface area contributed by atoms with Gasteiger partial charge in [-0.1, -0.05) is 30.8 Å². The summed E-state index contributed by atoms with van der Waals surface area (Å²) in [5, 5.41) is 1.14. The van der Waals surface area contributed by atoms with Gasteiger partial charge < -0.3 is 14.4 Å². The first-order valence-corrected chi connectivity index (χ1v) is 10.5. The van der Waals surface area contributed by atoms with E-state index >= 15 is 0 Å². The second kappa shape index (κ2) is 7.80. The second-order valence-electron chi connectivity index (χ2n) is 6.68. The molecule has 2 aromatic rings. The van der Waals surface area contributed by atoms with Gasteiger partial charge in [0.05, 0.1) is 25.5 Å². The van der Waals surface area contributed by atoms with Crippen molar-refractivity contribution in [2.75, 3.05) is 19.5 Å². The van der Waals surface area contributed by atoms with E-state index in [-0.39, 0.29) is 12.1 Å². The standard InChI is InChI=1S/C21H25N3O2S/c1-4-15-13-27-21-23-19(16-8-6-7-11-22-16)20(24(15)21)14-9-10-17(25-3)18(12-14)26-5-2/h6-12,15,19-20H,4-5,13H2,1-3H3/t15-,19+,20-/m1/s1. The summed E-state index contributed by atoms with van der Waals surface area (Å²) >= 11 is 1.86. The van der Waals surface area contributed by atoms with Crippen LogP contribution in [0.5, 0.6) is 11.5 Å². The SMILES string of the molecule is CCOc1cc([C@@H]2[C@H](c3ccccn3)N=C3SC[C@@H](CC)N32)ccc1OC. The van der Waals surface area contributed by atoms with Crippen molar-refractivity contribution in [1.82, 2.24) is 9.88 Å². The van der Waals surface area contributed by atoms with Crippen molar-refractivity contribution in [1.29, 1.82) is 0 Å². The quantitative estimate of drug-likeness (QED) is 0.737. The molecule has 2 aliphatic heterocycles. The molecule has 3 atom stereocenters. The van der Waals surface area contributed by atoms with Gasteiger partial charge in [-0.25, -0.2) is 0 Å². The molecule has 27 heavy (non-hydrogen) atoms. The lowest BCUT2D eigenvalue weighted by molar-refractivity contribution is 0.253. The fourth-order valence-corrected chi connectivity index (χ4v) is 5.19. The third-order valence-electron chi connectivity index (χ3n) is 5.16. The summed E-state index contributed by atoms with van der Waals surface area (Å²) in [4.78, 5) is 12.2. The fraction of sp³-hybridized carbons (Fsp3) is 0.429. The van der Waals surface area contributed by atoms with Gasteiger partial charge in [-0.05, 0) is 43.2 Å². The summed E-state index contributed by atoms with van der Waals surface area (Å²) in [7, 11) is 1.68. The first-order valence-electron chi connectivity index (χ1n) is 9.47. The third-order valence-corrected chi connectivity index (χ3v) is 6.28. The van der Waals surface area contributed by atoms with Crippen molar-refractivity contribution >= 4 is 16.9 Å². The molecule has 4 rings (SSSR count). The zero-order valence-electron chi connectivity index (χ0n) is 16.0. The number of aliphatic imine (C=N–C) groups is 1. The Morgan fingerprint density at radius 2 is 2.07 bits per heavy atom. The zero-order valence-corrected chi connectivity index (χ0v) is 16.8. The maximum Gasteiger partial charge on any atom is 0.161 e. The predicted octanol–water partition coefficient (Wildman–Crippen LogP) is 4.47. The number of hydrogen-bond donors (Lipinski definition) is 0. The van der Waals surface area contributed by atoms with Crippen LogP contribution in [0.3, 0.4) is 0 Å². The van der Waals surface area contributed by atoms with E-state index in [9.17, 15) is 0 Å². The molecule has 0 N–H and O–H groups in total. The smallest absolute Gasteiger partial charge is 0.161 e. The molecule has 0 unspecified atom stereocenters. The highest BCUT2D eigenvalue weighted by atomic mass is 32.2. The van der Waals surface area contributed by atoms with Crippen LogP contribution < -0.4 is 9.47 Å². The zero-order chi connectivity index (χ0) is 18.8. The molecule has 0 radical (unpaired) electrons. The number of benzene rings is 1. The average molecular weight is 384 g/mol. The summed E-state index contributed by atoms with van der Waals surface area (Å²) in [5.41, 5.74) is 2.20. The summed E-state index contributed by atoms with van der Waals surface area (Å²) < 4.78 is 11.3. The second-order valence-corrected chi connectivity index (χ2v) is 7.67. The van der Waals surface area contributed by atoms with Gasteiger partial charge in [-0.2, -0.15) is 0 Å². The molecular weight excluding hydrogens is 358 g/mol. The number of aromatic nitrogens is 1. The molecule has 1 fully saturated rings. The van der Waals surface area contributed by atoms with Crippen LogP contribution in [0.4, 0.5) is 0 Å². The minimum Gasteiger partial charge on any atom is -0.493 e. The number of ether oxygens (including phenoxy) is 2. The van der Waals surface area contributed by atoms with Gasteiger partial charge in [-0.15, -0.1) is 0 Å². The van der Waals surface area contributed by atoms with Gasteiger partial charge in [0.2, 0.25) is 0 Å². The van der Waals surface area contributed by atoms with E-state index in [0.717, 1.165) is 34.5 Å². The lowest BCUT2D eigenvalue weighted by atomic mass is 9.95. The Kier molecular flexibility index (Phi) is 5.25. The van der Waals surface area contributed by atoms with Crippen LogP contribution in [0.2, 0.25) is 0 Å². The van der Waals surface area contributed by atoms with Crippen molar-refractivity contribution < 1.29 is 9.47 Å². The number of amidine groups is 1. The van der Waals surface area contributed by atoms with E-state index in [1.807, 2.05) is 43.1 Å². The van der Waals surface area contributed by atoms with Crippen molar-refractivity contribution in [2.45, 2.75) is 38.4 Å². The largest absolute Gasteiger partial charge is 0.493 e. The number of hydrogen-bond acceptors (Lipinski definition) is 6. The Labute approximate surface area is 164 Å². The molecule has 6 heteroatoms. The van der Waals surface area contributed by atoms with Gasteiger partial charge in [0.15, 0.2) is 16.7 Å². The minimum atomic E-state index is -0.00841. The first kappa shape index (κ1) is 18.2. The van der Waals surface area contributed by atoms with E-state index in [1.54, 1.807) is 7.11 Å². The number of nitrogens with zero attached hydrogens (tertiary/aromatic N) is 3. The highest BCUT2D eigenvalue weighted by Gasteiger charge is 2.45. The summed E-state index contributed by atoms with van der Waals surface area (Å²) in [6.45, 7) is 4.84. The molecule has 0 bridgehead atoms. The lowest BCUT2D eigenvalue weighted by Crippen LogP contribution is -2.35. The molecule has 0 spiro atoms. The van der Waals surface area contributed by atoms with E-state index in [0.29, 0.717) is 12.6 Å². The highest BCUT2D eigenvalue weighted by molar-refractivity contribution is 8.14. The Balaban J connectivity index is 1.78. The lowest BCUT2D eigenvalue weighted by Gasteiger charge is -2.32. The van der Waals surface area contributed by atoms with Gasteiger partial charge in [0.25, 0.3) is 0 Å². The fourth-order valence-electron chi connectivity index (χ4n) is 3.86. The Hall–Kier alpha value is -2.21. The Bertz CT molecular complexity index is 827. The summed E-state index contributed by atoms with van der Waals surface area (Å²) in [6.07, 6.45) is 2.95. The van der Waals surface area contributed by atoms with Gasteiger partial charge in [-0.3, -0.25) is 9.98 Å². The van der Waals surface area contributed by atoms with E-state index in [1.165, 1.54) is 5.56 Å². The molecule has 1 aromatic carbocycles. The molecule has 142 valence electrons. The number of rotatable bonds is 6. The average Bonchev–Trinajstić information content (AvgIpc) is 3.28. The number of pyridine rings is 1. The third kappa shape index (κ3) is 3.27. The van der Waals surface area contributed by atoms with Crippen molar-refractivity contribution in [3.05, 3.63) is 53.9 Å². The Morgan fingerprint density at radius 1 is 1.19 bits per heavy atom. The van der Waals surface area contributed by atoms with Gasteiger partial charge >= 0.3 is 0 Å². The van der Waals surface area contributed by atoms with E-state index in [2.05, 4.69) is 35.0 Å². The van der Waals surface area contributed by atoms with Crippen LogP contribution in [-0.4, -0.2) is 40.6 Å². The summed E-state index contributed by atoms with van der Waals surface area (Å²) in [5.74, 6) is 2.64. The highest BCUT2D eigenvalue weighted by Crippen LogP contribution is 2.49. The molecule has 5 nitrogen and oxygen atoms in total. The monoisotopic (exact) mass is 383 g/mol. The van der Waals surface area contributed by atoms with Gasteiger partial charge in [0.1, 0.15) is 6.04 Å². The summed E-state index contributed by atoms with van der Waals surface area (Å²) in [6, 6.07) is 12.9. The first-order chi connectivity index (χ1) is 13.3. The normalized spacial score (nSPS) is 23.9. The van der Waals surface area contributed by atoms with E-state index < -0.39 is 0 Å². The van der Waals surface area contributed by atoms with Crippen LogP contribution in [-0.2, 0) is 0 Å². The molecule has 0 aliphatic carbocycles. The number of fused-ring (bicyclic) bond motifs is 1. The van der Waals surface area contributed by atoms with Crippen molar-refractivity contribution in [3.8, 4) is 11.5 Å². The van der Waals surface area contributed by atoms with E-state index in [4.69, 9.17) is 14.5 Å². The number of thioether (sulfide) groups is 1. The molecule has 1 aromatic heterocycles. The molecule has 3 heterocycles. The minimum absolute atomic E-state index is 0.00841. The van der Waals surface area contributed by atoms with Crippen LogP contribution in [0.15, 0.2) is 47.6 Å². The maximum atomic E-state index is 5.83. The van der Waals surface area contributed by atoms with Crippen LogP contribution in [0.1, 0.15) is 43.6 Å². The maximum absolute atomic E-state index is 5.83.